The van der Waals surface area contributed by atoms with E-state index in [0.717, 1.165) is 0 Å². The van der Waals surface area contributed by atoms with Gasteiger partial charge < -0.3 is 18.6 Å². The summed E-state index contributed by atoms with van der Waals surface area (Å²) in [7, 11) is -2.65. The summed E-state index contributed by atoms with van der Waals surface area (Å²) in [6, 6.07) is 21.2. The number of rotatable bonds is 5. The first-order valence-electron chi connectivity index (χ1n) is 10.9. The van der Waals surface area contributed by atoms with E-state index in [0.29, 0.717) is 6.61 Å². The molecule has 0 amide bonds. The van der Waals surface area contributed by atoms with Crippen LogP contribution in [0.4, 0.5) is 0 Å². The molecule has 2 heterocycles. The molecule has 0 bridgehead atoms. The Balaban J connectivity index is 1.68. The third-order valence-electron chi connectivity index (χ3n) is 6.22. The van der Waals surface area contributed by atoms with Crippen LogP contribution in [0.3, 0.4) is 0 Å². The van der Waals surface area contributed by atoms with Crippen molar-refractivity contribution in [1.82, 2.24) is 0 Å². The zero-order chi connectivity index (χ0) is 22.3. The van der Waals surface area contributed by atoms with Crippen molar-refractivity contribution < 1.29 is 18.6 Å². The highest BCUT2D eigenvalue weighted by Gasteiger charge is 2.56. The largest absolute Gasteiger partial charge is 0.405 e. The number of ether oxygens (including phenoxy) is 3. The van der Waals surface area contributed by atoms with Gasteiger partial charge in [-0.05, 0) is 29.3 Å². The van der Waals surface area contributed by atoms with E-state index in [9.17, 15) is 0 Å². The number of benzene rings is 2. The van der Waals surface area contributed by atoms with Crippen LogP contribution in [0.1, 0.15) is 34.6 Å². The fourth-order valence-electron chi connectivity index (χ4n) is 4.89. The van der Waals surface area contributed by atoms with Crippen LogP contribution in [0.2, 0.25) is 5.04 Å². The number of hydrogen-bond donors (Lipinski definition) is 0. The predicted octanol–water partition coefficient (Wildman–Crippen LogP) is 3.69. The minimum atomic E-state index is -2.65. The van der Waals surface area contributed by atoms with Crippen LogP contribution in [-0.4, -0.2) is 39.2 Å². The molecule has 4 atom stereocenters. The molecule has 2 aromatic carbocycles. The molecule has 0 aliphatic carbocycles. The molecule has 0 unspecified atom stereocenters. The van der Waals surface area contributed by atoms with Crippen LogP contribution < -0.4 is 10.4 Å². The van der Waals surface area contributed by atoms with E-state index in [1.807, 2.05) is 26.0 Å². The lowest BCUT2D eigenvalue weighted by Gasteiger charge is -2.43. The van der Waals surface area contributed by atoms with Gasteiger partial charge in [0, 0.05) is 0 Å². The summed E-state index contributed by atoms with van der Waals surface area (Å²) in [6.45, 7) is 10.9. The van der Waals surface area contributed by atoms with E-state index in [-0.39, 0.29) is 23.2 Å². The standard InChI is InChI=1S/C26H32O4Si/c1-7-21-22(28-24-23(21)29-26(5,6)30-24)18-27-31(25(2,3)4,19-14-10-8-11-15-19)20-16-12-9-13-17-20/h1,8-17,21-24H,18H2,2-6H3/t21-,22-,23-,24-/m1/s1. The van der Waals surface area contributed by atoms with Gasteiger partial charge >= 0.3 is 0 Å². The Bertz CT molecular complexity index is 890. The van der Waals surface area contributed by atoms with E-state index in [4.69, 9.17) is 25.1 Å². The second kappa shape index (κ2) is 8.20. The minimum absolute atomic E-state index is 0.106. The Morgan fingerprint density at radius 3 is 2.00 bits per heavy atom. The Morgan fingerprint density at radius 1 is 0.968 bits per heavy atom. The monoisotopic (exact) mass is 436 g/mol. The number of terminal acetylenes is 1. The molecule has 2 aliphatic rings. The van der Waals surface area contributed by atoms with Gasteiger partial charge in [0.2, 0.25) is 0 Å². The van der Waals surface area contributed by atoms with Crippen LogP contribution in [-0.2, 0) is 18.6 Å². The van der Waals surface area contributed by atoms with Crippen molar-refractivity contribution >= 4 is 18.7 Å². The van der Waals surface area contributed by atoms with Crippen molar-refractivity contribution in [2.24, 2.45) is 5.92 Å². The van der Waals surface area contributed by atoms with Gasteiger partial charge in [-0.3, -0.25) is 0 Å². The van der Waals surface area contributed by atoms with Gasteiger partial charge in [-0.25, -0.2) is 0 Å². The van der Waals surface area contributed by atoms with Crippen molar-refractivity contribution in [3.8, 4) is 12.3 Å². The second-order valence-electron chi connectivity index (χ2n) is 9.81. The van der Waals surface area contributed by atoms with Gasteiger partial charge in [-0.2, -0.15) is 0 Å². The molecular weight excluding hydrogens is 404 g/mol. The summed E-state index contributed by atoms with van der Waals surface area (Å²) >= 11 is 0. The summed E-state index contributed by atoms with van der Waals surface area (Å²) in [5.74, 6) is 1.98. The van der Waals surface area contributed by atoms with Gasteiger partial charge in [0.15, 0.2) is 12.1 Å². The van der Waals surface area contributed by atoms with Gasteiger partial charge in [0.05, 0.1) is 18.6 Å². The third kappa shape index (κ3) is 3.99. The summed E-state index contributed by atoms with van der Waals surface area (Å²) in [5, 5.41) is 2.36. The van der Waals surface area contributed by atoms with Crippen LogP contribution in [0.25, 0.3) is 0 Å². The Morgan fingerprint density at radius 2 is 1.52 bits per heavy atom. The zero-order valence-corrected chi connectivity index (χ0v) is 20.0. The Hall–Kier alpha value is -1.94. The third-order valence-corrected chi connectivity index (χ3v) is 11.2. The van der Waals surface area contributed by atoms with Crippen molar-refractivity contribution in [2.75, 3.05) is 6.61 Å². The minimum Gasteiger partial charge on any atom is -0.405 e. The molecule has 0 N–H and O–H groups in total. The summed E-state index contributed by atoms with van der Waals surface area (Å²) in [4.78, 5) is 0. The lowest BCUT2D eigenvalue weighted by molar-refractivity contribution is -0.210. The lowest BCUT2D eigenvalue weighted by Crippen LogP contribution is -2.67. The van der Waals surface area contributed by atoms with Crippen molar-refractivity contribution in [2.45, 2.75) is 63.9 Å². The molecule has 164 valence electrons. The van der Waals surface area contributed by atoms with Gasteiger partial charge in [0.1, 0.15) is 6.10 Å². The van der Waals surface area contributed by atoms with Crippen LogP contribution in [0.5, 0.6) is 0 Å². The Labute approximate surface area is 187 Å². The molecule has 31 heavy (non-hydrogen) atoms. The molecule has 2 aliphatic heterocycles. The van der Waals surface area contributed by atoms with Crippen molar-refractivity contribution in [3.63, 3.8) is 0 Å². The van der Waals surface area contributed by atoms with Crippen molar-refractivity contribution in [1.29, 1.82) is 0 Å². The SMILES string of the molecule is C#C[C@H]1[C@H]2OC(C)(C)O[C@H]2O[C@@H]1CO[Si](c1ccccc1)(c1ccccc1)C(C)(C)C. The van der Waals surface area contributed by atoms with E-state index in [2.05, 4.69) is 75.2 Å². The average molecular weight is 437 g/mol. The van der Waals surface area contributed by atoms with E-state index >= 15 is 0 Å². The molecular formula is C26H32O4Si. The Kier molecular flexibility index (Phi) is 5.89. The molecule has 5 heteroatoms. The fraction of sp³-hybridized carbons (Fsp3) is 0.462. The zero-order valence-electron chi connectivity index (χ0n) is 19.0. The lowest BCUT2D eigenvalue weighted by atomic mass is 10.0. The van der Waals surface area contributed by atoms with E-state index < -0.39 is 20.4 Å². The first-order valence-corrected chi connectivity index (χ1v) is 12.8. The van der Waals surface area contributed by atoms with Gasteiger partial charge in [0.25, 0.3) is 8.32 Å². The second-order valence-corrected chi connectivity index (χ2v) is 14.1. The normalized spacial score (nSPS) is 27.6. The maximum atomic E-state index is 7.01. The van der Waals surface area contributed by atoms with E-state index in [1.54, 1.807) is 0 Å². The highest BCUT2D eigenvalue weighted by atomic mass is 28.4. The molecule has 4 rings (SSSR count). The van der Waals surface area contributed by atoms with Gasteiger partial charge in [-0.15, -0.1) is 6.42 Å². The molecule has 2 fully saturated rings. The van der Waals surface area contributed by atoms with Crippen molar-refractivity contribution in [3.05, 3.63) is 60.7 Å². The highest BCUT2D eigenvalue weighted by molar-refractivity contribution is 6.99. The molecule has 0 aromatic heterocycles. The summed E-state index contributed by atoms with van der Waals surface area (Å²) < 4.78 is 25.2. The van der Waals surface area contributed by atoms with Crippen LogP contribution in [0, 0.1) is 18.3 Å². The summed E-state index contributed by atoms with van der Waals surface area (Å²) in [5.41, 5.74) is 0. The molecule has 2 aromatic rings. The van der Waals surface area contributed by atoms with Crippen LogP contribution in [0.15, 0.2) is 60.7 Å². The molecule has 0 saturated carbocycles. The van der Waals surface area contributed by atoms with E-state index in [1.165, 1.54) is 10.4 Å². The molecule has 0 radical (unpaired) electrons. The molecule has 4 nitrogen and oxygen atoms in total. The number of fused-ring (bicyclic) bond motifs is 1. The quantitative estimate of drug-likeness (QED) is 0.529. The molecule has 2 saturated heterocycles. The highest BCUT2D eigenvalue weighted by Crippen LogP contribution is 2.42. The summed E-state index contributed by atoms with van der Waals surface area (Å²) in [6.07, 6.45) is 4.90. The molecule has 0 spiro atoms. The maximum absolute atomic E-state index is 7.01. The van der Waals surface area contributed by atoms with Crippen LogP contribution >= 0.6 is 0 Å². The first-order chi connectivity index (χ1) is 14.7. The van der Waals surface area contributed by atoms with Gasteiger partial charge in [-0.1, -0.05) is 87.4 Å². The smallest absolute Gasteiger partial charge is 0.261 e. The topological polar surface area (TPSA) is 36.9 Å². The average Bonchev–Trinajstić information content (AvgIpc) is 3.19. The first kappa shape index (κ1) is 22.3. The predicted molar refractivity (Wildman–Crippen MR) is 125 cm³/mol. The fourth-order valence-corrected chi connectivity index (χ4v) is 9.46. The maximum Gasteiger partial charge on any atom is 0.261 e. The number of hydrogen-bond acceptors (Lipinski definition) is 4.